The van der Waals surface area contributed by atoms with Crippen LogP contribution >= 0.6 is 11.6 Å². The van der Waals surface area contributed by atoms with Gasteiger partial charge in [0.2, 0.25) is 0 Å². The average Bonchev–Trinajstić information content (AvgIpc) is 2.59. The smallest absolute Gasteiger partial charge is 0.342 e. The highest BCUT2D eigenvalue weighted by Gasteiger charge is 2.17. The maximum Gasteiger partial charge on any atom is 0.342 e. The van der Waals surface area contributed by atoms with Crippen LogP contribution in [0.4, 0.5) is 0 Å². The van der Waals surface area contributed by atoms with Gasteiger partial charge in [0, 0.05) is 10.6 Å². The number of phenolic OH excluding ortho intramolecular Hbond substituents is 1. The molecule has 0 aliphatic rings. The third-order valence-electron chi connectivity index (χ3n) is 3.50. The normalized spacial score (nSPS) is 11.5. The van der Waals surface area contributed by atoms with Gasteiger partial charge in [-0.1, -0.05) is 29.8 Å². The molecule has 0 spiro atoms. The fourth-order valence-corrected chi connectivity index (χ4v) is 2.44. The predicted molar refractivity (Wildman–Crippen MR) is 93.0 cm³/mol. The molecule has 2 N–H and O–H groups in total. The molecule has 0 bridgehead atoms. The molecule has 0 heterocycles. The number of phenols is 1. The summed E-state index contributed by atoms with van der Waals surface area (Å²) in [7, 11) is 1.55. The monoisotopic (exact) mass is 363 g/mol. The van der Waals surface area contributed by atoms with Crippen molar-refractivity contribution < 1.29 is 24.2 Å². The van der Waals surface area contributed by atoms with Gasteiger partial charge in [0.25, 0.3) is 5.91 Å². The van der Waals surface area contributed by atoms with Gasteiger partial charge in [-0.05, 0) is 31.2 Å². The minimum Gasteiger partial charge on any atom is -0.507 e. The molecule has 1 amide bonds. The second-order valence-electron chi connectivity index (χ2n) is 5.27. The maximum absolute atomic E-state index is 12.0. The lowest BCUT2D eigenvalue weighted by Crippen LogP contribution is -2.31. The van der Waals surface area contributed by atoms with E-state index in [1.807, 2.05) is 18.2 Å². The van der Waals surface area contributed by atoms with Crippen molar-refractivity contribution in [1.29, 1.82) is 0 Å². The van der Waals surface area contributed by atoms with E-state index < -0.39 is 18.5 Å². The number of benzene rings is 2. The van der Waals surface area contributed by atoms with E-state index in [-0.39, 0.29) is 22.4 Å². The molecule has 0 aliphatic carbocycles. The van der Waals surface area contributed by atoms with Gasteiger partial charge in [-0.2, -0.15) is 0 Å². The number of para-hydroxylation sites is 1. The van der Waals surface area contributed by atoms with Crippen LogP contribution in [-0.2, 0) is 9.53 Å². The zero-order valence-electron chi connectivity index (χ0n) is 13.8. The van der Waals surface area contributed by atoms with Crippen LogP contribution in [0.5, 0.6) is 11.5 Å². The van der Waals surface area contributed by atoms with E-state index in [0.717, 1.165) is 5.56 Å². The Bertz CT molecular complexity index is 778. The highest BCUT2D eigenvalue weighted by atomic mass is 35.5. The fourth-order valence-electron chi connectivity index (χ4n) is 2.27. The summed E-state index contributed by atoms with van der Waals surface area (Å²) in [5.74, 6) is -0.937. The molecule has 0 aromatic heterocycles. The lowest BCUT2D eigenvalue weighted by Gasteiger charge is -2.17. The van der Waals surface area contributed by atoms with Crippen LogP contribution in [0.3, 0.4) is 0 Å². The van der Waals surface area contributed by atoms with Gasteiger partial charge in [0.1, 0.15) is 17.1 Å². The largest absolute Gasteiger partial charge is 0.507 e. The van der Waals surface area contributed by atoms with Gasteiger partial charge >= 0.3 is 5.97 Å². The summed E-state index contributed by atoms with van der Waals surface area (Å²) in [5.41, 5.74) is 0.745. The summed E-state index contributed by atoms with van der Waals surface area (Å²) >= 11 is 5.70. The first-order valence-electron chi connectivity index (χ1n) is 7.50. The van der Waals surface area contributed by atoms with Crippen LogP contribution < -0.4 is 10.1 Å². The first-order valence-corrected chi connectivity index (χ1v) is 7.88. The Hall–Kier alpha value is -2.73. The Morgan fingerprint density at radius 3 is 2.64 bits per heavy atom. The molecule has 132 valence electrons. The predicted octanol–water partition coefficient (Wildman–Crippen LogP) is 3.09. The van der Waals surface area contributed by atoms with E-state index in [4.69, 9.17) is 21.1 Å². The molecule has 0 aliphatic heterocycles. The highest BCUT2D eigenvalue weighted by molar-refractivity contribution is 6.30. The number of esters is 1. The number of ether oxygens (including phenoxy) is 2. The molecule has 2 aromatic rings. The molecular weight excluding hydrogens is 346 g/mol. The molecule has 6 nitrogen and oxygen atoms in total. The Kier molecular flexibility index (Phi) is 6.25. The summed E-state index contributed by atoms with van der Waals surface area (Å²) in [6.45, 7) is 1.32. The standard InChI is InChI=1S/C18H18ClNO5/c1-11(13-5-3-4-6-16(13)24-2)20-17(22)10-25-18(23)14-8-7-12(19)9-15(14)21/h3-9,11,21H,10H2,1-2H3,(H,20,22). The number of carbonyl (C=O) groups is 2. The molecule has 1 unspecified atom stereocenters. The Balaban J connectivity index is 1.93. The number of carbonyl (C=O) groups excluding carboxylic acids is 2. The van der Waals surface area contributed by atoms with E-state index in [1.54, 1.807) is 20.1 Å². The van der Waals surface area contributed by atoms with Gasteiger partial charge in [0.05, 0.1) is 13.2 Å². The number of halogens is 1. The molecule has 0 saturated heterocycles. The van der Waals surface area contributed by atoms with E-state index in [0.29, 0.717) is 5.75 Å². The first kappa shape index (κ1) is 18.6. The SMILES string of the molecule is COc1ccccc1C(C)NC(=O)COC(=O)c1ccc(Cl)cc1O. The molecule has 25 heavy (non-hydrogen) atoms. The zero-order chi connectivity index (χ0) is 18.4. The van der Waals surface area contributed by atoms with Crippen molar-refractivity contribution in [2.24, 2.45) is 0 Å². The van der Waals surface area contributed by atoms with Gasteiger partial charge in [0.15, 0.2) is 6.61 Å². The van der Waals surface area contributed by atoms with Crippen molar-refractivity contribution >= 4 is 23.5 Å². The van der Waals surface area contributed by atoms with Crippen LogP contribution in [0.15, 0.2) is 42.5 Å². The molecule has 0 saturated carbocycles. The van der Waals surface area contributed by atoms with Gasteiger partial charge in [-0.3, -0.25) is 4.79 Å². The van der Waals surface area contributed by atoms with Crippen molar-refractivity contribution in [3.8, 4) is 11.5 Å². The molecule has 0 radical (unpaired) electrons. The highest BCUT2D eigenvalue weighted by Crippen LogP contribution is 2.24. The summed E-state index contributed by atoms with van der Waals surface area (Å²) in [4.78, 5) is 23.9. The van der Waals surface area contributed by atoms with Gasteiger partial charge in [-0.25, -0.2) is 4.79 Å². The molecule has 7 heteroatoms. The summed E-state index contributed by atoms with van der Waals surface area (Å²) in [6, 6.07) is 11.0. The van der Waals surface area contributed by atoms with Crippen LogP contribution in [0.1, 0.15) is 28.9 Å². The maximum atomic E-state index is 12.0. The topological polar surface area (TPSA) is 84.9 Å². The van der Waals surface area contributed by atoms with Crippen molar-refractivity contribution in [1.82, 2.24) is 5.32 Å². The number of hydrogen-bond acceptors (Lipinski definition) is 5. The Morgan fingerprint density at radius 2 is 1.96 bits per heavy atom. The van der Waals surface area contributed by atoms with E-state index in [2.05, 4.69) is 5.32 Å². The fraction of sp³-hybridized carbons (Fsp3) is 0.222. The quantitative estimate of drug-likeness (QED) is 0.770. The Labute approximate surface area is 150 Å². The van der Waals surface area contributed by atoms with Crippen molar-refractivity contribution in [3.63, 3.8) is 0 Å². The third-order valence-corrected chi connectivity index (χ3v) is 3.73. The minimum atomic E-state index is -0.811. The van der Waals surface area contributed by atoms with Gasteiger partial charge in [-0.15, -0.1) is 0 Å². The number of rotatable bonds is 6. The zero-order valence-corrected chi connectivity index (χ0v) is 14.5. The number of aromatic hydroxyl groups is 1. The van der Waals surface area contributed by atoms with Crippen molar-refractivity contribution in [3.05, 3.63) is 58.6 Å². The summed E-state index contributed by atoms with van der Waals surface area (Å²) in [5, 5.41) is 12.7. The minimum absolute atomic E-state index is 0.0602. The van der Waals surface area contributed by atoms with Crippen LogP contribution in [0.2, 0.25) is 5.02 Å². The summed E-state index contributed by atoms with van der Waals surface area (Å²) < 4.78 is 10.2. The molecule has 1 atom stereocenters. The van der Waals surface area contributed by atoms with E-state index >= 15 is 0 Å². The second-order valence-corrected chi connectivity index (χ2v) is 5.71. The number of hydrogen-bond donors (Lipinski definition) is 2. The number of methoxy groups -OCH3 is 1. The lowest BCUT2D eigenvalue weighted by molar-refractivity contribution is -0.124. The molecule has 2 aromatic carbocycles. The second kappa shape index (κ2) is 8.39. The Morgan fingerprint density at radius 1 is 1.24 bits per heavy atom. The van der Waals surface area contributed by atoms with Crippen molar-refractivity contribution in [2.75, 3.05) is 13.7 Å². The summed E-state index contributed by atoms with van der Waals surface area (Å²) in [6.07, 6.45) is 0. The van der Waals surface area contributed by atoms with Crippen molar-refractivity contribution in [2.45, 2.75) is 13.0 Å². The molecule has 0 fully saturated rings. The van der Waals surface area contributed by atoms with Crippen LogP contribution in [-0.4, -0.2) is 30.7 Å². The first-order chi connectivity index (χ1) is 11.9. The van der Waals surface area contributed by atoms with E-state index in [9.17, 15) is 14.7 Å². The number of amides is 1. The third kappa shape index (κ3) is 4.87. The van der Waals surface area contributed by atoms with E-state index in [1.165, 1.54) is 18.2 Å². The number of nitrogens with one attached hydrogen (secondary N) is 1. The average molecular weight is 364 g/mol. The van der Waals surface area contributed by atoms with Crippen LogP contribution in [0, 0.1) is 0 Å². The lowest BCUT2D eigenvalue weighted by atomic mass is 10.1. The molecule has 2 rings (SSSR count). The van der Waals surface area contributed by atoms with Crippen LogP contribution in [0.25, 0.3) is 0 Å². The molecular formula is C18H18ClNO5. The van der Waals surface area contributed by atoms with Gasteiger partial charge < -0.3 is 19.9 Å².